The second-order valence-electron chi connectivity index (χ2n) is 7.50. The third-order valence-electron chi connectivity index (χ3n) is 5.87. The summed E-state index contributed by atoms with van der Waals surface area (Å²) in [6.45, 7) is 2.63. The minimum Gasteiger partial charge on any atom is -0.406 e. The lowest BCUT2D eigenvalue weighted by molar-refractivity contribution is -0.138. The molecule has 9 heteroatoms. The summed E-state index contributed by atoms with van der Waals surface area (Å²) in [6.07, 6.45) is -7.31. The molecule has 2 aromatic carbocycles. The van der Waals surface area contributed by atoms with Crippen LogP contribution in [-0.2, 0) is 22.6 Å². The Morgan fingerprint density at radius 1 is 0.862 bits per heavy atom. The molecule has 2 aromatic rings. The Labute approximate surface area is 164 Å². The summed E-state index contributed by atoms with van der Waals surface area (Å²) in [5.41, 5.74) is -1.67. The molecule has 1 unspecified atom stereocenters. The molecule has 0 radical (unpaired) electrons. The first-order valence-corrected chi connectivity index (χ1v) is 9.32. The maximum Gasteiger partial charge on any atom is 0.416 e. The van der Waals surface area contributed by atoms with Gasteiger partial charge in [0, 0.05) is 6.04 Å². The molecule has 0 bridgehead atoms. The van der Waals surface area contributed by atoms with E-state index in [0.717, 1.165) is 43.7 Å². The molecular weight excluding hydrogens is 395 g/mol. The molecule has 0 saturated carbocycles. The largest absolute Gasteiger partial charge is 0.416 e. The molecule has 0 aromatic heterocycles. The smallest absolute Gasteiger partial charge is 0.406 e. The van der Waals surface area contributed by atoms with Gasteiger partial charge in [-0.25, -0.2) is 0 Å². The van der Waals surface area contributed by atoms with Gasteiger partial charge < -0.3 is 9.47 Å². The van der Waals surface area contributed by atoms with Crippen LogP contribution in [0.25, 0.3) is 0 Å². The van der Waals surface area contributed by atoms with Crippen molar-refractivity contribution in [1.82, 2.24) is 4.81 Å². The number of benzene rings is 2. The maximum absolute atomic E-state index is 13.0. The van der Waals surface area contributed by atoms with E-state index in [2.05, 4.69) is 4.81 Å². The number of fused-ring (bicyclic) bond motifs is 1. The Kier molecular flexibility index (Phi) is 4.74. The number of hydrogen-bond acceptors (Lipinski definition) is 2. The Balaban J connectivity index is 1.83. The van der Waals surface area contributed by atoms with E-state index >= 15 is 0 Å². The number of halogens is 6. The molecule has 2 fully saturated rings. The Morgan fingerprint density at radius 2 is 1.31 bits per heavy atom. The first-order chi connectivity index (χ1) is 13.5. The van der Waals surface area contributed by atoms with E-state index in [4.69, 9.17) is 4.65 Å². The lowest BCUT2D eigenvalue weighted by atomic mass is 9.79. The van der Waals surface area contributed by atoms with Crippen molar-refractivity contribution in [1.29, 1.82) is 0 Å². The van der Waals surface area contributed by atoms with Gasteiger partial charge in [0.2, 0.25) is 0 Å². The zero-order valence-electron chi connectivity index (χ0n) is 15.5. The average Bonchev–Trinajstić information content (AvgIpc) is 3.24. The summed E-state index contributed by atoms with van der Waals surface area (Å²) in [6, 6.07) is 9.29. The molecule has 0 amide bonds. The van der Waals surface area contributed by atoms with E-state index in [1.54, 1.807) is 0 Å². The highest BCUT2D eigenvalue weighted by molar-refractivity contribution is 6.48. The molecule has 154 valence electrons. The van der Waals surface area contributed by atoms with E-state index in [0.29, 0.717) is 11.1 Å². The topological polar surface area (TPSA) is 12.5 Å². The van der Waals surface area contributed by atoms with Gasteiger partial charge in [0.25, 0.3) is 0 Å². The van der Waals surface area contributed by atoms with Gasteiger partial charge in [-0.2, -0.15) is 26.3 Å². The van der Waals surface area contributed by atoms with Crippen molar-refractivity contribution in [3.05, 3.63) is 70.8 Å². The van der Waals surface area contributed by atoms with Crippen LogP contribution in [-0.4, -0.2) is 24.4 Å². The lowest BCUT2D eigenvalue weighted by Crippen LogP contribution is -2.41. The van der Waals surface area contributed by atoms with Crippen LogP contribution < -0.4 is 0 Å². The van der Waals surface area contributed by atoms with E-state index in [1.165, 1.54) is 24.3 Å². The first-order valence-electron chi connectivity index (χ1n) is 9.32. The van der Waals surface area contributed by atoms with Crippen LogP contribution >= 0.6 is 0 Å². The number of rotatable bonds is 2. The quantitative estimate of drug-likeness (QED) is 0.471. The van der Waals surface area contributed by atoms with Gasteiger partial charge in [-0.15, -0.1) is 0 Å². The number of hydrogen-bond donors (Lipinski definition) is 0. The van der Waals surface area contributed by atoms with E-state index in [1.807, 2.05) is 6.82 Å². The molecule has 4 rings (SSSR count). The second-order valence-corrected chi connectivity index (χ2v) is 7.50. The zero-order valence-corrected chi connectivity index (χ0v) is 15.5. The van der Waals surface area contributed by atoms with E-state index < -0.39 is 29.1 Å². The summed E-state index contributed by atoms with van der Waals surface area (Å²) < 4.78 is 84.3. The fraction of sp³-hybridized carbons (Fsp3) is 0.400. The average molecular weight is 413 g/mol. The summed E-state index contributed by atoms with van der Waals surface area (Å²) >= 11 is 0. The van der Waals surface area contributed by atoms with Crippen molar-refractivity contribution in [2.45, 2.75) is 43.7 Å². The van der Waals surface area contributed by atoms with Gasteiger partial charge in [-0.05, 0) is 61.6 Å². The van der Waals surface area contributed by atoms with Crippen molar-refractivity contribution in [3.8, 4) is 0 Å². The van der Waals surface area contributed by atoms with Crippen molar-refractivity contribution >= 4 is 7.05 Å². The molecule has 2 aliphatic heterocycles. The number of alkyl halides is 6. The summed E-state index contributed by atoms with van der Waals surface area (Å²) in [4.78, 5) is 2.12. The molecule has 0 aliphatic carbocycles. The Morgan fingerprint density at radius 3 is 1.72 bits per heavy atom. The van der Waals surface area contributed by atoms with Crippen molar-refractivity contribution in [2.24, 2.45) is 0 Å². The third kappa shape index (κ3) is 3.34. The number of nitrogens with zero attached hydrogens (tertiary/aromatic N) is 1. The summed E-state index contributed by atoms with van der Waals surface area (Å²) in [5.74, 6) is 0. The molecule has 2 saturated heterocycles. The molecule has 1 atom stereocenters. The fourth-order valence-electron chi connectivity index (χ4n) is 4.58. The summed E-state index contributed by atoms with van der Waals surface area (Å²) in [5, 5.41) is 0. The predicted octanol–water partition coefficient (Wildman–Crippen LogP) is 5.58. The van der Waals surface area contributed by atoms with Crippen LogP contribution in [0.4, 0.5) is 26.3 Å². The van der Waals surface area contributed by atoms with Gasteiger partial charge in [0.15, 0.2) is 0 Å². The molecular formula is C20H18BF6NO. The highest BCUT2D eigenvalue weighted by atomic mass is 19.4. The molecule has 0 N–H and O–H groups in total. The second kappa shape index (κ2) is 6.77. The van der Waals surface area contributed by atoms with E-state index in [-0.39, 0.29) is 13.1 Å². The van der Waals surface area contributed by atoms with E-state index in [9.17, 15) is 26.3 Å². The lowest BCUT2D eigenvalue weighted by Gasteiger charge is -2.36. The maximum atomic E-state index is 13.0. The predicted molar refractivity (Wildman–Crippen MR) is 96.1 cm³/mol. The molecule has 2 nitrogen and oxygen atoms in total. The zero-order chi connectivity index (χ0) is 21.0. The van der Waals surface area contributed by atoms with Gasteiger partial charge in [0.1, 0.15) is 5.60 Å². The Hall–Kier alpha value is -2.00. The summed E-state index contributed by atoms with van der Waals surface area (Å²) in [7, 11) is -0.299. The molecule has 2 aliphatic rings. The molecule has 0 spiro atoms. The van der Waals surface area contributed by atoms with Gasteiger partial charge in [-0.3, -0.25) is 0 Å². The van der Waals surface area contributed by atoms with Crippen molar-refractivity contribution in [2.75, 3.05) is 6.54 Å². The molecule has 2 heterocycles. The first kappa shape index (κ1) is 20.3. The van der Waals surface area contributed by atoms with Crippen LogP contribution in [0.15, 0.2) is 48.5 Å². The van der Waals surface area contributed by atoms with Crippen LogP contribution in [0.2, 0.25) is 6.82 Å². The third-order valence-corrected chi connectivity index (χ3v) is 5.87. The Bertz CT molecular complexity index is 820. The van der Waals surface area contributed by atoms with Crippen LogP contribution in [0.5, 0.6) is 0 Å². The van der Waals surface area contributed by atoms with Crippen LogP contribution in [0.3, 0.4) is 0 Å². The standard InChI is InChI=1S/C20H18BF6NO/c1-21-28-12-2-3-17(28)18(29-21,13-4-8-15(9-5-13)19(22,23)24)14-6-10-16(11-7-14)20(25,26)27/h4-11,17H,2-3,12H2,1H3. The van der Waals surface area contributed by atoms with Crippen molar-refractivity contribution < 1.29 is 31.0 Å². The highest BCUT2D eigenvalue weighted by Crippen LogP contribution is 2.49. The van der Waals surface area contributed by atoms with Crippen molar-refractivity contribution in [3.63, 3.8) is 0 Å². The molecule has 29 heavy (non-hydrogen) atoms. The van der Waals surface area contributed by atoms with Crippen LogP contribution in [0, 0.1) is 0 Å². The van der Waals surface area contributed by atoms with Crippen LogP contribution in [0.1, 0.15) is 35.1 Å². The SMILES string of the molecule is CB1OC(c2ccc(C(F)(F)F)cc2)(c2ccc(C(F)(F)F)cc2)C2CCCN12. The minimum absolute atomic E-state index is 0.161. The van der Waals surface area contributed by atoms with Gasteiger partial charge in [-0.1, -0.05) is 24.3 Å². The van der Waals surface area contributed by atoms with Gasteiger partial charge in [0.05, 0.1) is 11.1 Å². The minimum atomic E-state index is -4.47. The normalized spacial score (nSPS) is 22.2. The monoisotopic (exact) mass is 413 g/mol. The highest BCUT2D eigenvalue weighted by Gasteiger charge is 2.57. The fourth-order valence-corrected chi connectivity index (χ4v) is 4.58. The van der Waals surface area contributed by atoms with Gasteiger partial charge >= 0.3 is 19.4 Å².